The fourth-order valence-electron chi connectivity index (χ4n) is 1.42. The highest BCUT2D eigenvalue weighted by molar-refractivity contribution is 7.98. The fourth-order valence-corrected chi connectivity index (χ4v) is 2.97. The van der Waals surface area contributed by atoms with Crippen LogP contribution in [0.15, 0.2) is 5.38 Å². The zero-order valence-corrected chi connectivity index (χ0v) is 12.6. The van der Waals surface area contributed by atoms with Gasteiger partial charge in [-0.2, -0.15) is 11.8 Å². The van der Waals surface area contributed by atoms with Crippen molar-refractivity contribution in [3.8, 4) is 0 Å². The molecule has 0 saturated heterocycles. The van der Waals surface area contributed by atoms with E-state index < -0.39 is 12.0 Å². The molecule has 19 heavy (non-hydrogen) atoms. The first-order chi connectivity index (χ1) is 9.02. The summed E-state index contributed by atoms with van der Waals surface area (Å²) in [5.74, 6) is 0.254. The highest BCUT2D eigenvalue weighted by atomic mass is 32.2. The van der Waals surface area contributed by atoms with E-state index in [1.807, 2.05) is 12.3 Å². The van der Waals surface area contributed by atoms with Gasteiger partial charge >= 0.3 is 5.97 Å². The molecule has 2 N–H and O–H groups in total. The number of hydrogen-bond donors (Lipinski definition) is 2. The Hall–Kier alpha value is -1.08. The monoisotopic (exact) mass is 302 g/mol. The maximum atomic E-state index is 11.5. The van der Waals surface area contributed by atoms with E-state index in [4.69, 9.17) is 5.11 Å². The minimum absolute atomic E-state index is 0.212. The van der Waals surface area contributed by atoms with E-state index in [9.17, 15) is 9.59 Å². The van der Waals surface area contributed by atoms with Crippen LogP contribution < -0.4 is 5.32 Å². The summed E-state index contributed by atoms with van der Waals surface area (Å²) < 4.78 is 0. The van der Waals surface area contributed by atoms with Crippen molar-refractivity contribution >= 4 is 35.0 Å². The lowest BCUT2D eigenvalue weighted by molar-refractivity contribution is -0.141. The van der Waals surface area contributed by atoms with Gasteiger partial charge in [0.1, 0.15) is 6.04 Å². The maximum absolute atomic E-state index is 11.5. The summed E-state index contributed by atoms with van der Waals surface area (Å²) in [6, 6.07) is -0.779. The third-order valence-corrected chi connectivity index (χ3v) is 4.25. The zero-order chi connectivity index (χ0) is 14.3. The standard InChI is InChI=1S/C12H18N2O3S2/c1-3-10(12(16)17)14-11(15)4-5-18-6-9-7-19-8(2)13-9/h7,10H,3-6H2,1-2H3,(H,14,15)(H,16,17). The molecule has 1 unspecified atom stereocenters. The largest absolute Gasteiger partial charge is 0.480 e. The lowest BCUT2D eigenvalue weighted by Gasteiger charge is -2.11. The highest BCUT2D eigenvalue weighted by Gasteiger charge is 2.16. The van der Waals surface area contributed by atoms with Crippen LogP contribution >= 0.6 is 23.1 Å². The maximum Gasteiger partial charge on any atom is 0.326 e. The Labute approximate surface area is 120 Å². The van der Waals surface area contributed by atoms with Crippen molar-refractivity contribution in [1.82, 2.24) is 10.3 Å². The van der Waals surface area contributed by atoms with Gasteiger partial charge in [0, 0.05) is 23.3 Å². The van der Waals surface area contributed by atoms with Crippen LogP contribution in [0.25, 0.3) is 0 Å². The number of thioether (sulfide) groups is 1. The molecule has 1 atom stereocenters. The molecular weight excluding hydrogens is 284 g/mol. The molecule has 1 rings (SSSR count). The van der Waals surface area contributed by atoms with Gasteiger partial charge in [-0.1, -0.05) is 6.92 Å². The molecule has 5 nitrogen and oxygen atoms in total. The average molecular weight is 302 g/mol. The van der Waals surface area contributed by atoms with Crippen molar-refractivity contribution in [2.75, 3.05) is 5.75 Å². The summed E-state index contributed by atoms with van der Waals surface area (Å²) in [5.41, 5.74) is 1.03. The predicted octanol–water partition coefficient (Wildman–Crippen LogP) is 2.05. The van der Waals surface area contributed by atoms with Gasteiger partial charge in [0.15, 0.2) is 0 Å². The Morgan fingerprint density at radius 3 is 2.84 bits per heavy atom. The van der Waals surface area contributed by atoms with E-state index in [0.29, 0.717) is 18.6 Å². The smallest absolute Gasteiger partial charge is 0.326 e. The molecule has 0 aliphatic rings. The number of hydrogen-bond acceptors (Lipinski definition) is 5. The summed E-state index contributed by atoms with van der Waals surface area (Å²) in [4.78, 5) is 26.6. The van der Waals surface area contributed by atoms with Crippen molar-refractivity contribution in [3.05, 3.63) is 16.1 Å². The molecule has 0 aliphatic heterocycles. The van der Waals surface area contributed by atoms with E-state index in [2.05, 4.69) is 10.3 Å². The number of amides is 1. The Kier molecular flexibility index (Phi) is 6.86. The molecule has 0 radical (unpaired) electrons. The van der Waals surface area contributed by atoms with Crippen LogP contribution in [0.1, 0.15) is 30.5 Å². The summed E-state index contributed by atoms with van der Waals surface area (Å²) >= 11 is 3.24. The van der Waals surface area contributed by atoms with Crippen LogP contribution in [-0.2, 0) is 15.3 Å². The van der Waals surface area contributed by atoms with Gasteiger partial charge in [-0.15, -0.1) is 11.3 Å². The second kappa shape index (κ2) is 8.16. The van der Waals surface area contributed by atoms with Crippen LogP contribution in [0.4, 0.5) is 0 Å². The number of aryl methyl sites for hydroxylation is 1. The molecule has 0 saturated carbocycles. The molecule has 106 valence electrons. The number of aromatic nitrogens is 1. The number of nitrogens with zero attached hydrogens (tertiary/aromatic N) is 1. The fraction of sp³-hybridized carbons (Fsp3) is 0.583. The topological polar surface area (TPSA) is 79.3 Å². The van der Waals surface area contributed by atoms with E-state index in [-0.39, 0.29) is 5.91 Å². The van der Waals surface area contributed by atoms with Gasteiger partial charge in [0.2, 0.25) is 5.91 Å². The van der Waals surface area contributed by atoms with Gasteiger partial charge < -0.3 is 10.4 Å². The van der Waals surface area contributed by atoms with Crippen LogP contribution in [0.3, 0.4) is 0 Å². The second-order valence-corrected chi connectivity index (χ2v) is 6.19. The Balaban J connectivity index is 2.18. The lowest BCUT2D eigenvalue weighted by atomic mass is 10.2. The molecule has 0 aromatic carbocycles. The molecule has 0 aliphatic carbocycles. The quantitative estimate of drug-likeness (QED) is 0.719. The number of nitrogens with one attached hydrogen (secondary N) is 1. The van der Waals surface area contributed by atoms with Gasteiger partial charge in [-0.05, 0) is 13.3 Å². The Morgan fingerprint density at radius 2 is 2.32 bits per heavy atom. The minimum Gasteiger partial charge on any atom is -0.480 e. The molecule has 1 aromatic rings. The number of carbonyl (C=O) groups is 2. The lowest BCUT2D eigenvalue weighted by Crippen LogP contribution is -2.40. The van der Waals surface area contributed by atoms with Crippen molar-refractivity contribution in [2.45, 2.75) is 38.5 Å². The molecule has 0 spiro atoms. The number of carboxylic acids is 1. The van der Waals surface area contributed by atoms with Crippen LogP contribution in [-0.4, -0.2) is 33.8 Å². The average Bonchev–Trinajstić information content (AvgIpc) is 2.77. The van der Waals surface area contributed by atoms with Gasteiger partial charge in [0.05, 0.1) is 10.7 Å². The second-order valence-electron chi connectivity index (χ2n) is 4.03. The summed E-state index contributed by atoms with van der Waals surface area (Å²) in [7, 11) is 0. The summed E-state index contributed by atoms with van der Waals surface area (Å²) in [6.45, 7) is 3.70. The normalized spacial score (nSPS) is 12.1. The van der Waals surface area contributed by atoms with Crippen LogP contribution in [0.2, 0.25) is 0 Å². The number of carbonyl (C=O) groups excluding carboxylic acids is 1. The Morgan fingerprint density at radius 1 is 1.58 bits per heavy atom. The van der Waals surface area contributed by atoms with Gasteiger partial charge in [0.25, 0.3) is 0 Å². The molecule has 1 amide bonds. The number of thiazole rings is 1. The van der Waals surface area contributed by atoms with Crippen molar-refractivity contribution in [1.29, 1.82) is 0 Å². The molecule has 1 aromatic heterocycles. The van der Waals surface area contributed by atoms with Crippen molar-refractivity contribution < 1.29 is 14.7 Å². The predicted molar refractivity (Wildman–Crippen MR) is 77.5 cm³/mol. The number of aliphatic carboxylic acids is 1. The SMILES string of the molecule is CCC(NC(=O)CCSCc1csc(C)n1)C(=O)O. The van der Waals surface area contributed by atoms with E-state index in [0.717, 1.165) is 16.5 Å². The van der Waals surface area contributed by atoms with Crippen molar-refractivity contribution in [2.24, 2.45) is 0 Å². The summed E-state index contributed by atoms with van der Waals surface area (Å²) in [6.07, 6.45) is 0.726. The highest BCUT2D eigenvalue weighted by Crippen LogP contribution is 2.15. The summed E-state index contributed by atoms with van der Waals surface area (Å²) in [5, 5.41) is 14.4. The number of carboxylic acid groups (broad SMARTS) is 1. The van der Waals surface area contributed by atoms with Crippen LogP contribution in [0.5, 0.6) is 0 Å². The molecule has 0 bridgehead atoms. The van der Waals surface area contributed by atoms with Crippen LogP contribution in [0, 0.1) is 6.92 Å². The third-order valence-electron chi connectivity index (χ3n) is 2.43. The van der Waals surface area contributed by atoms with E-state index in [1.165, 1.54) is 0 Å². The molecule has 7 heteroatoms. The van der Waals surface area contributed by atoms with E-state index >= 15 is 0 Å². The Bertz CT molecular complexity index is 434. The van der Waals surface area contributed by atoms with Crippen molar-refractivity contribution in [3.63, 3.8) is 0 Å². The third kappa shape index (κ3) is 6.07. The minimum atomic E-state index is -0.985. The van der Waals surface area contributed by atoms with Gasteiger partial charge in [-0.3, -0.25) is 4.79 Å². The zero-order valence-electron chi connectivity index (χ0n) is 11.0. The molecular formula is C12H18N2O3S2. The molecule has 0 fully saturated rings. The number of rotatable bonds is 8. The van der Waals surface area contributed by atoms with Gasteiger partial charge in [-0.25, -0.2) is 9.78 Å². The first kappa shape index (κ1) is 16.0. The molecule has 1 heterocycles. The first-order valence-corrected chi connectivity index (χ1v) is 8.07. The van der Waals surface area contributed by atoms with E-state index in [1.54, 1.807) is 30.0 Å². The first-order valence-electron chi connectivity index (χ1n) is 6.03.